The van der Waals surface area contributed by atoms with E-state index in [1.807, 2.05) is 18.5 Å². The Morgan fingerprint density at radius 1 is 1.10 bits per heavy atom. The molecule has 4 rings (SSSR count). The maximum absolute atomic E-state index is 4.97. The average Bonchev–Trinajstić information content (AvgIpc) is 3.39. The summed E-state index contributed by atoms with van der Waals surface area (Å²) >= 11 is 0. The minimum absolute atomic E-state index is 0.175. The second kappa shape index (κ2) is 9.77. The Morgan fingerprint density at radius 2 is 1.81 bits per heavy atom. The summed E-state index contributed by atoms with van der Waals surface area (Å²) in [5.41, 5.74) is 2.66. The predicted molar refractivity (Wildman–Crippen MR) is 125 cm³/mol. The van der Waals surface area contributed by atoms with Crippen molar-refractivity contribution in [3.8, 4) is 0 Å². The normalized spacial score (nSPS) is 17.7. The summed E-state index contributed by atoms with van der Waals surface area (Å²) in [6.07, 6.45) is 2.29. The number of hydrogen-bond acceptors (Lipinski definition) is 3. The zero-order valence-corrected chi connectivity index (χ0v) is 18.7. The standard InChI is InChI=1S/C25H32N6/c1-19(23-12-8-5-9-13-23)27-25(26-17-24-29-28-20(2)30(24)3)31-15-14-22(18-31)16-21-10-6-4-7-11-21/h4-13,19,22H,14-18H2,1-3H3,(H,26,27). The Kier molecular flexibility index (Phi) is 6.65. The van der Waals surface area contributed by atoms with Gasteiger partial charge in [-0.15, -0.1) is 10.2 Å². The Balaban J connectivity index is 1.49. The maximum Gasteiger partial charge on any atom is 0.194 e. The van der Waals surface area contributed by atoms with Crippen LogP contribution in [0.2, 0.25) is 0 Å². The molecule has 162 valence electrons. The van der Waals surface area contributed by atoms with Crippen LogP contribution >= 0.6 is 0 Å². The molecule has 1 N–H and O–H groups in total. The quantitative estimate of drug-likeness (QED) is 0.489. The number of aromatic nitrogens is 3. The van der Waals surface area contributed by atoms with E-state index in [4.69, 9.17) is 4.99 Å². The largest absolute Gasteiger partial charge is 0.350 e. The Hall–Kier alpha value is -3.15. The number of likely N-dealkylation sites (tertiary alicyclic amines) is 1. The molecule has 1 fully saturated rings. The van der Waals surface area contributed by atoms with Gasteiger partial charge in [-0.3, -0.25) is 0 Å². The fourth-order valence-electron chi connectivity index (χ4n) is 4.13. The van der Waals surface area contributed by atoms with Crippen LogP contribution in [0.25, 0.3) is 0 Å². The third-order valence-electron chi connectivity index (χ3n) is 6.15. The van der Waals surface area contributed by atoms with Crippen LogP contribution in [-0.2, 0) is 20.0 Å². The topological polar surface area (TPSA) is 58.3 Å². The first-order valence-electron chi connectivity index (χ1n) is 11.1. The van der Waals surface area contributed by atoms with Gasteiger partial charge in [0.1, 0.15) is 12.4 Å². The first-order valence-corrected chi connectivity index (χ1v) is 11.1. The number of aliphatic imine (C=N–C) groups is 1. The van der Waals surface area contributed by atoms with E-state index in [0.717, 1.165) is 37.1 Å². The van der Waals surface area contributed by atoms with Crippen LogP contribution in [0, 0.1) is 12.8 Å². The first-order chi connectivity index (χ1) is 15.1. The summed E-state index contributed by atoms with van der Waals surface area (Å²) in [4.78, 5) is 7.36. The van der Waals surface area contributed by atoms with Crippen molar-refractivity contribution in [1.29, 1.82) is 0 Å². The molecule has 0 radical (unpaired) electrons. The zero-order valence-electron chi connectivity index (χ0n) is 18.7. The molecule has 0 aliphatic carbocycles. The molecule has 31 heavy (non-hydrogen) atoms. The molecule has 0 spiro atoms. The van der Waals surface area contributed by atoms with Gasteiger partial charge in [0.2, 0.25) is 0 Å². The smallest absolute Gasteiger partial charge is 0.194 e. The zero-order chi connectivity index (χ0) is 21.6. The van der Waals surface area contributed by atoms with E-state index in [-0.39, 0.29) is 6.04 Å². The molecular formula is C25H32N6. The van der Waals surface area contributed by atoms with Crippen LogP contribution in [0.4, 0.5) is 0 Å². The Bertz CT molecular complexity index is 995. The van der Waals surface area contributed by atoms with E-state index in [2.05, 4.69) is 88.0 Å². The number of nitrogens with one attached hydrogen (secondary N) is 1. The number of aryl methyl sites for hydroxylation is 1. The van der Waals surface area contributed by atoms with Crippen molar-refractivity contribution in [2.24, 2.45) is 18.0 Å². The third-order valence-corrected chi connectivity index (χ3v) is 6.15. The average molecular weight is 417 g/mol. The van der Waals surface area contributed by atoms with Crippen molar-refractivity contribution in [3.05, 3.63) is 83.4 Å². The van der Waals surface area contributed by atoms with E-state index >= 15 is 0 Å². The number of hydrogen-bond donors (Lipinski definition) is 1. The highest BCUT2D eigenvalue weighted by atomic mass is 15.3. The van der Waals surface area contributed by atoms with E-state index < -0.39 is 0 Å². The molecule has 2 atom stereocenters. The molecule has 0 saturated carbocycles. The van der Waals surface area contributed by atoms with Crippen molar-refractivity contribution in [2.45, 2.75) is 39.3 Å². The Morgan fingerprint density at radius 3 is 2.48 bits per heavy atom. The van der Waals surface area contributed by atoms with E-state index in [1.54, 1.807) is 0 Å². The number of benzene rings is 2. The van der Waals surface area contributed by atoms with Gasteiger partial charge in [-0.2, -0.15) is 0 Å². The van der Waals surface area contributed by atoms with Crippen LogP contribution in [-0.4, -0.2) is 38.7 Å². The summed E-state index contributed by atoms with van der Waals surface area (Å²) in [6, 6.07) is 21.5. The van der Waals surface area contributed by atoms with Gasteiger partial charge in [0.25, 0.3) is 0 Å². The van der Waals surface area contributed by atoms with Gasteiger partial charge in [-0.05, 0) is 43.7 Å². The third kappa shape index (κ3) is 5.32. The number of rotatable bonds is 6. The van der Waals surface area contributed by atoms with Crippen LogP contribution in [0.15, 0.2) is 65.7 Å². The highest BCUT2D eigenvalue weighted by Crippen LogP contribution is 2.22. The van der Waals surface area contributed by atoms with Gasteiger partial charge >= 0.3 is 0 Å². The fourth-order valence-corrected chi connectivity index (χ4v) is 4.13. The summed E-state index contributed by atoms with van der Waals surface area (Å²) < 4.78 is 2.00. The number of guanidine groups is 1. The lowest BCUT2D eigenvalue weighted by Gasteiger charge is -2.26. The molecule has 1 aliphatic heterocycles. The highest BCUT2D eigenvalue weighted by Gasteiger charge is 2.26. The van der Waals surface area contributed by atoms with Crippen molar-refractivity contribution in [1.82, 2.24) is 25.0 Å². The molecule has 1 saturated heterocycles. The van der Waals surface area contributed by atoms with E-state index in [0.29, 0.717) is 12.5 Å². The summed E-state index contributed by atoms with van der Waals surface area (Å²) in [7, 11) is 1.99. The van der Waals surface area contributed by atoms with Gasteiger partial charge < -0.3 is 14.8 Å². The van der Waals surface area contributed by atoms with Crippen LogP contribution in [0.5, 0.6) is 0 Å². The minimum Gasteiger partial charge on any atom is -0.350 e. The van der Waals surface area contributed by atoms with Crippen LogP contribution in [0.1, 0.15) is 42.2 Å². The van der Waals surface area contributed by atoms with Gasteiger partial charge in [0.15, 0.2) is 11.8 Å². The Labute approximate surface area is 185 Å². The first kappa shape index (κ1) is 21.1. The second-order valence-corrected chi connectivity index (χ2v) is 8.43. The van der Waals surface area contributed by atoms with E-state index in [9.17, 15) is 0 Å². The van der Waals surface area contributed by atoms with Crippen molar-refractivity contribution >= 4 is 5.96 Å². The monoisotopic (exact) mass is 416 g/mol. The van der Waals surface area contributed by atoms with Crippen LogP contribution in [0.3, 0.4) is 0 Å². The van der Waals surface area contributed by atoms with Crippen molar-refractivity contribution < 1.29 is 0 Å². The lowest BCUT2D eigenvalue weighted by molar-refractivity contribution is 0.449. The fraction of sp³-hybridized carbons (Fsp3) is 0.400. The van der Waals surface area contributed by atoms with Gasteiger partial charge in [-0.25, -0.2) is 4.99 Å². The van der Waals surface area contributed by atoms with Gasteiger partial charge in [0, 0.05) is 20.1 Å². The molecule has 3 aromatic rings. The molecule has 1 aromatic heterocycles. The molecular weight excluding hydrogens is 384 g/mol. The van der Waals surface area contributed by atoms with E-state index in [1.165, 1.54) is 17.5 Å². The van der Waals surface area contributed by atoms with Crippen LogP contribution < -0.4 is 5.32 Å². The van der Waals surface area contributed by atoms with Crippen molar-refractivity contribution in [3.63, 3.8) is 0 Å². The summed E-state index contributed by atoms with van der Waals surface area (Å²) in [5, 5.41) is 12.1. The SMILES string of the molecule is Cc1nnc(CN=C(NC(C)c2ccccc2)N2CCC(Cc3ccccc3)C2)n1C. The lowest BCUT2D eigenvalue weighted by atomic mass is 9.99. The van der Waals surface area contributed by atoms with Gasteiger partial charge in [0.05, 0.1) is 6.04 Å². The lowest BCUT2D eigenvalue weighted by Crippen LogP contribution is -2.41. The molecule has 1 aliphatic rings. The highest BCUT2D eigenvalue weighted by molar-refractivity contribution is 5.80. The van der Waals surface area contributed by atoms with Gasteiger partial charge in [-0.1, -0.05) is 60.7 Å². The maximum atomic E-state index is 4.97. The second-order valence-electron chi connectivity index (χ2n) is 8.43. The predicted octanol–water partition coefficient (Wildman–Crippen LogP) is 3.89. The molecule has 6 heteroatoms. The molecule has 0 bridgehead atoms. The number of nitrogens with zero attached hydrogens (tertiary/aromatic N) is 5. The molecule has 2 unspecified atom stereocenters. The summed E-state index contributed by atoms with van der Waals surface area (Å²) in [6.45, 7) is 6.70. The molecule has 6 nitrogen and oxygen atoms in total. The van der Waals surface area contributed by atoms with Crippen molar-refractivity contribution in [2.75, 3.05) is 13.1 Å². The molecule has 2 aromatic carbocycles. The summed E-state index contributed by atoms with van der Waals surface area (Å²) in [5.74, 6) is 3.37. The minimum atomic E-state index is 0.175. The molecule has 2 heterocycles. The molecule has 0 amide bonds.